The van der Waals surface area contributed by atoms with Crippen LogP contribution in [-0.2, 0) is 6.42 Å². The van der Waals surface area contributed by atoms with Gasteiger partial charge in [0, 0.05) is 4.47 Å². The monoisotopic (exact) mass is 506 g/mol. The van der Waals surface area contributed by atoms with Gasteiger partial charge in [-0.3, -0.25) is 0 Å². The van der Waals surface area contributed by atoms with Gasteiger partial charge < -0.3 is 0 Å². The van der Waals surface area contributed by atoms with Crippen molar-refractivity contribution in [3.8, 4) is 22.3 Å². The average molecular weight is 508 g/mol. The molecule has 0 aliphatic heterocycles. The second-order valence-electron chi connectivity index (χ2n) is 9.36. The molecule has 0 nitrogen and oxygen atoms in total. The van der Waals surface area contributed by atoms with E-state index in [0.717, 1.165) is 10.9 Å². The standard InChI is InChI=1S/C33H31Br/c1-3-4-5-6-9-24-14-21-30-31(22-24)33(26-17-19-27(34)20-18-26)29-11-8-7-10-28(29)32(30)25-15-12-23(2)13-16-25/h7-8,10-22H,3-6,9H2,1-2H3. The molecule has 0 aliphatic rings. The van der Waals surface area contributed by atoms with Crippen LogP contribution in [0.2, 0.25) is 0 Å². The van der Waals surface area contributed by atoms with Crippen molar-refractivity contribution in [3.63, 3.8) is 0 Å². The lowest BCUT2D eigenvalue weighted by Gasteiger charge is -2.19. The topological polar surface area (TPSA) is 0 Å². The molecule has 0 atom stereocenters. The normalized spacial score (nSPS) is 11.4. The molecule has 0 fully saturated rings. The molecule has 0 N–H and O–H groups in total. The van der Waals surface area contributed by atoms with Crippen LogP contribution in [0.3, 0.4) is 0 Å². The van der Waals surface area contributed by atoms with Crippen LogP contribution in [0.15, 0.2) is 95.5 Å². The first kappa shape index (κ1) is 22.9. The molecule has 5 aromatic carbocycles. The van der Waals surface area contributed by atoms with Crippen LogP contribution in [0.25, 0.3) is 43.8 Å². The SMILES string of the molecule is CCCCCCc1ccc2c(-c3ccc(C)cc3)c3ccccc3c(-c3ccc(Br)cc3)c2c1. The van der Waals surface area contributed by atoms with Crippen molar-refractivity contribution in [3.05, 3.63) is 107 Å². The van der Waals surface area contributed by atoms with Crippen molar-refractivity contribution >= 4 is 37.5 Å². The van der Waals surface area contributed by atoms with Crippen LogP contribution >= 0.6 is 15.9 Å². The van der Waals surface area contributed by atoms with E-state index in [1.54, 1.807) is 0 Å². The van der Waals surface area contributed by atoms with Gasteiger partial charge >= 0.3 is 0 Å². The fourth-order valence-electron chi connectivity index (χ4n) is 5.10. The first-order valence-electron chi connectivity index (χ1n) is 12.5. The summed E-state index contributed by atoms with van der Waals surface area (Å²) < 4.78 is 1.11. The van der Waals surface area contributed by atoms with E-state index in [1.165, 1.54) is 80.6 Å². The van der Waals surface area contributed by atoms with Crippen molar-refractivity contribution in [2.45, 2.75) is 46.0 Å². The molecular weight excluding hydrogens is 476 g/mol. The predicted molar refractivity (Wildman–Crippen MR) is 153 cm³/mol. The van der Waals surface area contributed by atoms with Crippen molar-refractivity contribution in [1.29, 1.82) is 0 Å². The van der Waals surface area contributed by atoms with Crippen molar-refractivity contribution in [2.75, 3.05) is 0 Å². The second-order valence-corrected chi connectivity index (χ2v) is 10.3. The molecule has 5 aromatic rings. The van der Waals surface area contributed by atoms with Gasteiger partial charge in [0.25, 0.3) is 0 Å². The van der Waals surface area contributed by atoms with Crippen LogP contribution in [0.1, 0.15) is 43.7 Å². The Bertz CT molecular complexity index is 1430. The van der Waals surface area contributed by atoms with Crippen LogP contribution in [0, 0.1) is 6.92 Å². The molecule has 5 rings (SSSR count). The van der Waals surface area contributed by atoms with E-state index in [9.17, 15) is 0 Å². The van der Waals surface area contributed by atoms with Gasteiger partial charge in [0.2, 0.25) is 0 Å². The molecule has 0 aromatic heterocycles. The molecule has 34 heavy (non-hydrogen) atoms. The molecule has 0 spiro atoms. The minimum Gasteiger partial charge on any atom is -0.0654 e. The maximum Gasteiger partial charge on any atom is 0.0175 e. The molecule has 1 heteroatoms. The summed E-state index contributed by atoms with van der Waals surface area (Å²) in [5.41, 5.74) is 7.95. The molecule has 0 saturated heterocycles. The Morgan fingerprint density at radius 3 is 1.82 bits per heavy atom. The minimum atomic E-state index is 1.11. The fraction of sp³-hybridized carbons (Fsp3) is 0.212. The van der Waals surface area contributed by atoms with Crippen LogP contribution in [0.5, 0.6) is 0 Å². The van der Waals surface area contributed by atoms with E-state index in [-0.39, 0.29) is 0 Å². The lowest BCUT2D eigenvalue weighted by atomic mass is 9.85. The number of aryl methyl sites for hydroxylation is 2. The number of halogens is 1. The molecular formula is C33H31Br. The van der Waals surface area contributed by atoms with Gasteiger partial charge in [-0.25, -0.2) is 0 Å². The number of unbranched alkanes of at least 4 members (excludes halogenated alkanes) is 3. The number of hydrogen-bond acceptors (Lipinski definition) is 0. The Morgan fingerprint density at radius 1 is 0.588 bits per heavy atom. The smallest absolute Gasteiger partial charge is 0.0175 e. The van der Waals surface area contributed by atoms with E-state index in [0.29, 0.717) is 0 Å². The predicted octanol–water partition coefficient (Wildman–Crippen LogP) is 10.5. The molecule has 0 aliphatic carbocycles. The third-order valence-corrected chi connectivity index (χ3v) is 7.41. The van der Waals surface area contributed by atoms with E-state index in [2.05, 4.69) is 121 Å². The molecule has 0 saturated carbocycles. The summed E-state index contributed by atoms with van der Waals surface area (Å²) in [7, 11) is 0. The first-order chi connectivity index (χ1) is 16.7. The Morgan fingerprint density at radius 2 is 1.18 bits per heavy atom. The molecule has 0 bridgehead atoms. The third-order valence-electron chi connectivity index (χ3n) is 6.88. The summed E-state index contributed by atoms with van der Waals surface area (Å²) in [5, 5.41) is 5.31. The number of rotatable bonds is 7. The molecule has 0 amide bonds. The van der Waals surface area contributed by atoms with Gasteiger partial charge in [0.05, 0.1) is 0 Å². The quantitative estimate of drug-likeness (QED) is 0.152. The van der Waals surface area contributed by atoms with Crippen molar-refractivity contribution < 1.29 is 0 Å². The zero-order valence-corrected chi connectivity index (χ0v) is 21.7. The van der Waals surface area contributed by atoms with E-state index < -0.39 is 0 Å². The van der Waals surface area contributed by atoms with Crippen LogP contribution < -0.4 is 0 Å². The van der Waals surface area contributed by atoms with E-state index in [4.69, 9.17) is 0 Å². The fourth-order valence-corrected chi connectivity index (χ4v) is 5.36. The van der Waals surface area contributed by atoms with Gasteiger partial charge in [-0.05, 0) is 81.3 Å². The summed E-state index contributed by atoms with van der Waals surface area (Å²) in [6, 6.07) is 33.9. The Balaban J connectivity index is 1.80. The maximum atomic E-state index is 3.62. The van der Waals surface area contributed by atoms with Gasteiger partial charge in [0.1, 0.15) is 0 Å². The highest BCUT2D eigenvalue weighted by molar-refractivity contribution is 9.10. The molecule has 0 unspecified atom stereocenters. The second kappa shape index (κ2) is 10.2. The van der Waals surface area contributed by atoms with Gasteiger partial charge in [0.15, 0.2) is 0 Å². The summed E-state index contributed by atoms with van der Waals surface area (Å²) in [6.45, 7) is 4.43. The molecule has 0 heterocycles. The highest BCUT2D eigenvalue weighted by Gasteiger charge is 2.17. The van der Waals surface area contributed by atoms with Crippen molar-refractivity contribution in [1.82, 2.24) is 0 Å². The van der Waals surface area contributed by atoms with E-state index in [1.807, 2.05) is 0 Å². The largest absolute Gasteiger partial charge is 0.0654 e. The van der Waals surface area contributed by atoms with Crippen molar-refractivity contribution in [2.24, 2.45) is 0 Å². The molecule has 0 radical (unpaired) electrons. The lowest BCUT2D eigenvalue weighted by molar-refractivity contribution is 0.667. The highest BCUT2D eigenvalue weighted by Crippen LogP contribution is 2.44. The van der Waals surface area contributed by atoms with Gasteiger partial charge in [-0.1, -0.05) is 127 Å². The minimum absolute atomic E-state index is 1.11. The summed E-state index contributed by atoms with van der Waals surface area (Å²) in [4.78, 5) is 0. The molecule has 170 valence electrons. The zero-order valence-electron chi connectivity index (χ0n) is 20.1. The Kier molecular flexibility index (Phi) is 6.83. The van der Waals surface area contributed by atoms with Crippen LogP contribution in [0.4, 0.5) is 0 Å². The number of benzene rings is 5. The third kappa shape index (κ3) is 4.55. The lowest BCUT2D eigenvalue weighted by Crippen LogP contribution is -1.93. The Labute approximate surface area is 211 Å². The summed E-state index contributed by atoms with van der Waals surface area (Å²) >= 11 is 3.62. The summed E-state index contributed by atoms with van der Waals surface area (Å²) in [6.07, 6.45) is 6.30. The highest BCUT2D eigenvalue weighted by atomic mass is 79.9. The summed E-state index contributed by atoms with van der Waals surface area (Å²) in [5.74, 6) is 0. The van der Waals surface area contributed by atoms with Gasteiger partial charge in [-0.15, -0.1) is 0 Å². The average Bonchev–Trinajstić information content (AvgIpc) is 2.86. The van der Waals surface area contributed by atoms with Gasteiger partial charge in [-0.2, -0.15) is 0 Å². The van der Waals surface area contributed by atoms with Crippen LogP contribution in [-0.4, -0.2) is 0 Å². The number of fused-ring (bicyclic) bond motifs is 2. The Hall–Kier alpha value is -2.90. The number of hydrogen-bond donors (Lipinski definition) is 0. The zero-order chi connectivity index (χ0) is 23.5. The maximum absolute atomic E-state index is 3.62. The van der Waals surface area contributed by atoms with E-state index >= 15 is 0 Å². The first-order valence-corrected chi connectivity index (χ1v) is 13.3.